The van der Waals surface area contributed by atoms with Crippen LogP contribution >= 0.6 is 0 Å². The van der Waals surface area contributed by atoms with Crippen molar-refractivity contribution in [1.82, 2.24) is 0 Å². The van der Waals surface area contributed by atoms with Crippen LogP contribution in [0.15, 0.2) is 28.9 Å². The molecule has 1 rings (SSSR count). The van der Waals surface area contributed by atoms with E-state index >= 15 is 0 Å². The Hall–Kier alpha value is -1.36. The number of rotatable bonds is 0. The fourth-order valence-corrected chi connectivity index (χ4v) is 0.755. The van der Waals surface area contributed by atoms with E-state index in [-0.39, 0.29) is 0 Å². The molecule has 0 amide bonds. The van der Waals surface area contributed by atoms with Crippen molar-refractivity contribution in [1.29, 1.82) is 5.26 Å². The zero-order valence-corrected chi connectivity index (χ0v) is 5.83. The highest BCUT2D eigenvalue weighted by Gasteiger charge is 1.99. The van der Waals surface area contributed by atoms with E-state index in [0.717, 1.165) is 12.1 Å². The van der Waals surface area contributed by atoms with Gasteiger partial charge in [-0.2, -0.15) is 5.26 Å². The van der Waals surface area contributed by atoms with E-state index in [9.17, 15) is 0 Å². The molecule has 0 saturated carbocycles. The summed E-state index contributed by atoms with van der Waals surface area (Å²) >= 11 is 0. The number of aliphatic imine (C=N–C) groups is 1. The monoisotopic (exact) mass is 132 g/mol. The van der Waals surface area contributed by atoms with Gasteiger partial charge < -0.3 is 0 Å². The first-order valence-corrected chi connectivity index (χ1v) is 3.14. The van der Waals surface area contributed by atoms with Crippen molar-refractivity contribution in [2.75, 3.05) is 0 Å². The van der Waals surface area contributed by atoms with Crippen LogP contribution in [0.5, 0.6) is 0 Å². The van der Waals surface area contributed by atoms with Gasteiger partial charge in [0.15, 0.2) is 0 Å². The summed E-state index contributed by atoms with van der Waals surface area (Å²) in [6.07, 6.45) is 6.34. The van der Waals surface area contributed by atoms with Crippen LogP contribution in [0.3, 0.4) is 0 Å². The average molecular weight is 132 g/mol. The lowest BCUT2D eigenvalue weighted by Gasteiger charge is -1.90. The lowest BCUT2D eigenvalue weighted by molar-refractivity contribution is 1.37. The summed E-state index contributed by atoms with van der Waals surface area (Å²) in [5.41, 5.74) is 1.49. The van der Waals surface area contributed by atoms with E-state index in [1.807, 2.05) is 19.1 Å². The minimum absolute atomic E-state index is 0.685. The SMILES string of the molecule is CC1=NC=CCC=C1C#N. The largest absolute Gasteiger partial charge is 0.261 e. The predicted molar refractivity (Wildman–Crippen MR) is 40.6 cm³/mol. The van der Waals surface area contributed by atoms with E-state index in [1.165, 1.54) is 0 Å². The molecule has 0 atom stereocenters. The van der Waals surface area contributed by atoms with Gasteiger partial charge in [-0.3, -0.25) is 4.99 Å². The predicted octanol–water partition coefficient (Wildman–Crippen LogP) is 1.81. The van der Waals surface area contributed by atoms with Gasteiger partial charge in [0.2, 0.25) is 0 Å². The Morgan fingerprint density at radius 3 is 3.20 bits per heavy atom. The molecule has 1 heterocycles. The second-order valence-corrected chi connectivity index (χ2v) is 2.06. The second-order valence-electron chi connectivity index (χ2n) is 2.06. The summed E-state index contributed by atoms with van der Waals surface area (Å²) in [6, 6.07) is 2.08. The number of hydrogen-bond donors (Lipinski definition) is 0. The van der Waals surface area contributed by atoms with Crippen LogP contribution < -0.4 is 0 Å². The highest BCUT2D eigenvalue weighted by Crippen LogP contribution is 2.03. The number of hydrogen-bond acceptors (Lipinski definition) is 2. The zero-order chi connectivity index (χ0) is 7.40. The van der Waals surface area contributed by atoms with Gasteiger partial charge in [0.05, 0.1) is 11.3 Å². The zero-order valence-electron chi connectivity index (χ0n) is 5.83. The molecule has 0 saturated heterocycles. The number of nitrogens with zero attached hydrogens (tertiary/aromatic N) is 2. The lowest BCUT2D eigenvalue weighted by Crippen LogP contribution is -1.92. The van der Waals surface area contributed by atoms with Crippen molar-refractivity contribution in [3.63, 3.8) is 0 Å². The van der Waals surface area contributed by atoms with Crippen molar-refractivity contribution in [2.45, 2.75) is 13.3 Å². The molecule has 0 aromatic rings. The molecule has 1 aliphatic rings. The summed E-state index contributed by atoms with van der Waals surface area (Å²) < 4.78 is 0. The van der Waals surface area contributed by atoms with Crippen LogP contribution in [-0.4, -0.2) is 5.71 Å². The lowest BCUT2D eigenvalue weighted by atomic mass is 10.2. The van der Waals surface area contributed by atoms with Crippen LogP contribution in [0.1, 0.15) is 13.3 Å². The maximum absolute atomic E-state index is 8.56. The Labute approximate surface area is 60.2 Å². The van der Waals surface area contributed by atoms with Crippen molar-refractivity contribution in [2.24, 2.45) is 4.99 Å². The number of nitriles is 1. The van der Waals surface area contributed by atoms with Crippen LogP contribution in [0, 0.1) is 11.3 Å². The quantitative estimate of drug-likeness (QED) is 0.495. The highest BCUT2D eigenvalue weighted by atomic mass is 14.7. The maximum Gasteiger partial charge on any atom is 0.101 e. The van der Waals surface area contributed by atoms with Crippen LogP contribution in [0.2, 0.25) is 0 Å². The van der Waals surface area contributed by atoms with E-state index in [0.29, 0.717) is 5.57 Å². The standard InChI is InChI=1S/C8H8N2/c1-7-8(6-9)4-2-3-5-10-7/h3-5H,2H2,1H3. The Morgan fingerprint density at radius 1 is 1.70 bits per heavy atom. The molecule has 0 aromatic carbocycles. The summed E-state index contributed by atoms with van der Waals surface area (Å²) in [5.74, 6) is 0. The summed E-state index contributed by atoms with van der Waals surface area (Å²) in [7, 11) is 0. The third-order valence-electron chi connectivity index (χ3n) is 1.34. The molecule has 0 aliphatic carbocycles. The molecule has 10 heavy (non-hydrogen) atoms. The molecule has 0 spiro atoms. The van der Waals surface area contributed by atoms with E-state index in [1.54, 1.807) is 6.20 Å². The van der Waals surface area contributed by atoms with Crippen molar-refractivity contribution in [3.05, 3.63) is 23.9 Å². The molecule has 0 bridgehead atoms. The van der Waals surface area contributed by atoms with Crippen LogP contribution in [-0.2, 0) is 0 Å². The molecule has 2 nitrogen and oxygen atoms in total. The normalized spacial score (nSPS) is 16.8. The van der Waals surface area contributed by atoms with Gasteiger partial charge in [-0.15, -0.1) is 0 Å². The molecule has 1 aliphatic heterocycles. The highest BCUT2D eigenvalue weighted by molar-refractivity contribution is 6.02. The Bertz CT molecular complexity index is 251. The molecule has 0 fully saturated rings. The van der Waals surface area contributed by atoms with E-state index in [2.05, 4.69) is 11.1 Å². The minimum atomic E-state index is 0.685. The molecule has 0 N–H and O–H groups in total. The van der Waals surface area contributed by atoms with E-state index < -0.39 is 0 Å². The molecule has 2 heteroatoms. The average Bonchev–Trinajstić information content (AvgIpc) is 2.13. The van der Waals surface area contributed by atoms with Crippen molar-refractivity contribution < 1.29 is 0 Å². The Morgan fingerprint density at radius 2 is 2.50 bits per heavy atom. The van der Waals surface area contributed by atoms with Crippen LogP contribution in [0.25, 0.3) is 0 Å². The third-order valence-corrected chi connectivity index (χ3v) is 1.34. The number of allylic oxidation sites excluding steroid dienone is 3. The van der Waals surface area contributed by atoms with Gasteiger partial charge in [0.1, 0.15) is 6.07 Å². The molecule has 0 radical (unpaired) electrons. The van der Waals surface area contributed by atoms with Gasteiger partial charge >= 0.3 is 0 Å². The first-order valence-electron chi connectivity index (χ1n) is 3.14. The fourth-order valence-electron chi connectivity index (χ4n) is 0.755. The molecule has 0 unspecified atom stereocenters. The molecule has 50 valence electrons. The van der Waals surface area contributed by atoms with Gasteiger partial charge in [-0.25, -0.2) is 0 Å². The van der Waals surface area contributed by atoms with E-state index in [4.69, 9.17) is 5.26 Å². The van der Waals surface area contributed by atoms with Gasteiger partial charge in [-0.05, 0) is 13.3 Å². The first kappa shape index (κ1) is 6.76. The van der Waals surface area contributed by atoms with Gasteiger partial charge in [0.25, 0.3) is 0 Å². The van der Waals surface area contributed by atoms with Gasteiger partial charge in [-0.1, -0.05) is 12.2 Å². The summed E-state index contributed by atoms with van der Waals surface area (Å²) in [5, 5.41) is 8.56. The van der Waals surface area contributed by atoms with Crippen molar-refractivity contribution in [3.8, 4) is 6.07 Å². The fraction of sp³-hybridized carbons (Fsp3) is 0.250. The topological polar surface area (TPSA) is 36.1 Å². The molecular formula is C8H8N2. The summed E-state index contributed by atoms with van der Waals surface area (Å²) in [6.45, 7) is 1.84. The Kier molecular flexibility index (Phi) is 2.01. The molecular weight excluding hydrogens is 124 g/mol. The Balaban J connectivity index is 2.94. The maximum atomic E-state index is 8.56. The first-order chi connectivity index (χ1) is 4.84. The van der Waals surface area contributed by atoms with Crippen LogP contribution in [0.4, 0.5) is 0 Å². The second kappa shape index (κ2) is 2.98. The summed E-state index contributed by atoms with van der Waals surface area (Å²) in [4.78, 5) is 4.02. The van der Waals surface area contributed by atoms with Crippen molar-refractivity contribution >= 4 is 5.71 Å². The van der Waals surface area contributed by atoms with Gasteiger partial charge in [0, 0.05) is 6.20 Å². The third kappa shape index (κ3) is 1.32. The molecule has 0 aromatic heterocycles. The minimum Gasteiger partial charge on any atom is -0.261 e. The smallest absolute Gasteiger partial charge is 0.101 e.